The van der Waals surface area contributed by atoms with Gasteiger partial charge in [0, 0.05) is 17.1 Å². The van der Waals surface area contributed by atoms with E-state index in [9.17, 15) is 14.4 Å². The van der Waals surface area contributed by atoms with Gasteiger partial charge in [-0.2, -0.15) is 0 Å². The topological polar surface area (TPSA) is 69.7 Å². The highest BCUT2D eigenvalue weighted by atomic mass is 35.5. The highest BCUT2D eigenvalue weighted by Crippen LogP contribution is 2.46. The van der Waals surface area contributed by atoms with Crippen molar-refractivity contribution in [2.45, 2.75) is 58.5 Å². The van der Waals surface area contributed by atoms with Gasteiger partial charge >= 0.3 is 6.03 Å². The SMILES string of the molecule is CC1CC(C)(C)CC2(C1)NC(=O)N(CC(=O)N(C)C(C)c1ccc(Cl)cc1Cl)C2=O. The molecular weight excluding hydrogens is 425 g/mol. The first-order valence-electron chi connectivity index (χ1n) is 10.2. The molecule has 30 heavy (non-hydrogen) atoms. The van der Waals surface area contributed by atoms with E-state index in [1.165, 1.54) is 4.90 Å². The zero-order valence-corrected chi connectivity index (χ0v) is 19.6. The van der Waals surface area contributed by atoms with Crippen LogP contribution >= 0.6 is 23.2 Å². The summed E-state index contributed by atoms with van der Waals surface area (Å²) in [6.45, 7) is 7.87. The second-order valence-corrected chi connectivity index (χ2v) is 10.4. The van der Waals surface area contributed by atoms with E-state index in [4.69, 9.17) is 23.2 Å². The van der Waals surface area contributed by atoms with Crippen molar-refractivity contribution in [2.75, 3.05) is 13.6 Å². The molecule has 0 radical (unpaired) electrons. The first-order chi connectivity index (χ1) is 13.8. The number of imide groups is 1. The van der Waals surface area contributed by atoms with Crippen LogP contribution in [0, 0.1) is 11.3 Å². The number of hydrogen-bond acceptors (Lipinski definition) is 3. The fraction of sp³-hybridized carbons (Fsp3) is 0.591. The van der Waals surface area contributed by atoms with Crippen LogP contribution in [0.25, 0.3) is 0 Å². The molecule has 1 aliphatic heterocycles. The lowest BCUT2D eigenvalue weighted by molar-refractivity contribution is -0.141. The molecule has 8 heteroatoms. The summed E-state index contributed by atoms with van der Waals surface area (Å²) < 4.78 is 0. The fourth-order valence-corrected chi connectivity index (χ4v) is 5.73. The van der Waals surface area contributed by atoms with E-state index in [0.717, 1.165) is 16.9 Å². The Morgan fingerprint density at radius 1 is 1.30 bits per heavy atom. The van der Waals surface area contributed by atoms with Gasteiger partial charge in [0.1, 0.15) is 12.1 Å². The second kappa shape index (κ2) is 8.04. The number of urea groups is 1. The number of carbonyl (C=O) groups excluding carboxylic acids is 3. The molecule has 3 atom stereocenters. The number of nitrogens with one attached hydrogen (secondary N) is 1. The maximum Gasteiger partial charge on any atom is 0.325 e. The first kappa shape index (κ1) is 22.9. The van der Waals surface area contributed by atoms with Gasteiger partial charge in [-0.3, -0.25) is 14.5 Å². The van der Waals surface area contributed by atoms with Gasteiger partial charge in [0.25, 0.3) is 5.91 Å². The first-order valence-corrected chi connectivity index (χ1v) is 11.0. The normalized spacial score (nSPS) is 26.6. The largest absolute Gasteiger partial charge is 0.337 e. The third-order valence-electron chi connectivity index (χ3n) is 6.30. The van der Waals surface area contributed by atoms with Crippen LogP contribution in [0.15, 0.2) is 18.2 Å². The van der Waals surface area contributed by atoms with Crippen molar-refractivity contribution < 1.29 is 14.4 Å². The molecule has 1 aliphatic carbocycles. The van der Waals surface area contributed by atoms with Crippen LogP contribution in [0.3, 0.4) is 0 Å². The molecule has 0 aromatic heterocycles. The lowest BCUT2D eigenvalue weighted by Gasteiger charge is -2.43. The van der Waals surface area contributed by atoms with Crippen LogP contribution in [-0.2, 0) is 9.59 Å². The molecule has 3 unspecified atom stereocenters. The summed E-state index contributed by atoms with van der Waals surface area (Å²) in [5.74, 6) is -0.327. The molecule has 2 aliphatic rings. The van der Waals surface area contributed by atoms with E-state index in [1.807, 2.05) is 6.92 Å². The Balaban J connectivity index is 1.75. The number of halogens is 2. The van der Waals surface area contributed by atoms with Gasteiger partial charge in [-0.05, 0) is 55.2 Å². The molecule has 1 saturated heterocycles. The van der Waals surface area contributed by atoms with Crippen LogP contribution in [0.5, 0.6) is 0 Å². The molecule has 3 rings (SSSR count). The lowest BCUT2D eigenvalue weighted by atomic mass is 9.64. The van der Waals surface area contributed by atoms with E-state index in [0.29, 0.717) is 28.8 Å². The van der Waals surface area contributed by atoms with Crippen molar-refractivity contribution in [3.63, 3.8) is 0 Å². The number of rotatable bonds is 4. The van der Waals surface area contributed by atoms with E-state index >= 15 is 0 Å². The summed E-state index contributed by atoms with van der Waals surface area (Å²) in [7, 11) is 1.64. The number of nitrogens with zero attached hydrogens (tertiary/aromatic N) is 2. The molecule has 1 N–H and O–H groups in total. The quantitative estimate of drug-likeness (QED) is 0.674. The number of benzene rings is 1. The van der Waals surface area contributed by atoms with Crippen molar-refractivity contribution in [1.29, 1.82) is 0 Å². The minimum Gasteiger partial charge on any atom is -0.337 e. The van der Waals surface area contributed by atoms with E-state index in [-0.39, 0.29) is 29.8 Å². The maximum absolute atomic E-state index is 13.3. The molecule has 6 nitrogen and oxygen atoms in total. The summed E-state index contributed by atoms with van der Waals surface area (Å²) in [6.07, 6.45) is 2.17. The number of likely N-dealkylation sites (N-methyl/N-ethyl adjacent to an activating group) is 1. The number of hydrogen-bond donors (Lipinski definition) is 1. The zero-order chi connectivity index (χ0) is 22.4. The van der Waals surface area contributed by atoms with E-state index in [2.05, 4.69) is 26.1 Å². The molecule has 164 valence electrons. The third kappa shape index (κ3) is 4.30. The molecule has 1 spiro atoms. The van der Waals surface area contributed by atoms with Gasteiger partial charge in [0.15, 0.2) is 0 Å². The van der Waals surface area contributed by atoms with Gasteiger partial charge in [-0.1, -0.05) is 50.0 Å². The Bertz CT molecular complexity index is 888. The van der Waals surface area contributed by atoms with Crippen molar-refractivity contribution >= 4 is 41.0 Å². The Morgan fingerprint density at radius 2 is 1.97 bits per heavy atom. The van der Waals surface area contributed by atoms with Gasteiger partial charge in [0.05, 0.1) is 6.04 Å². The summed E-state index contributed by atoms with van der Waals surface area (Å²) >= 11 is 12.2. The molecule has 1 saturated carbocycles. The van der Waals surface area contributed by atoms with Crippen molar-refractivity contribution in [3.8, 4) is 0 Å². The Labute approximate surface area is 187 Å². The van der Waals surface area contributed by atoms with Crippen LogP contribution < -0.4 is 5.32 Å². The summed E-state index contributed by atoms with van der Waals surface area (Å²) in [5, 5.41) is 3.88. The van der Waals surface area contributed by atoms with E-state index < -0.39 is 11.6 Å². The molecular formula is C22H29Cl2N3O3. The average Bonchev–Trinajstić information content (AvgIpc) is 2.82. The van der Waals surface area contributed by atoms with Crippen LogP contribution in [0.2, 0.25) is 10.0 Å². The Morgan fingerprint density at radius 3 is 2.57 bits per heavy atom. The lowest BCUT2D eigenvalue weighted by Crippen LogP contribution is -2.54. The standard InChI is InChI=1S/C22H29Cl2N3O3/c1-13-9-21(3,4)12-22(10-13)19(29)27(20(30)25-22)11-18(28)26(5)14(2)16-7-6-15(23)8-17(16)24/h6-8,13-14H,9-12H2,1-5H3,(H,25,30). The zero-order valence-electron chi connectivity index (χ0n) is 18.1. The summed E-state index contributed by atoms with van der Waals surface area (Å²) in [5.41, 5.74) is -0.229. The van der Waals surface area contributed by atoms with Gasteiger partial charge in [-0.15, -0.1) is 0 Å². The molecule has 1 aromatic carbocycles. The molecule has 0 bridgehead atoms. The third-order valence-corrected chi connectivity index (χ3v) is 6.87. The highest BCUT2D eigenvalue weighted by Gasteiger charge is 2.56. The maximum atomic E-state index is 13.3. The Hall–Kier alpha value is -1.79. The van der Waals surface area contributed by atoms with Crippen molar-refractivity contribution in [3.05, 3.63) is 33.8 Å². The number of amides is 4. The predicted molar refractivity (Wildman–Crippen MR) is 117 cm³/mol. The van der Waals surface area contributed by atoms with E-state index in [1.54, 1.807) is 25.2 Å². The van der Waals surface area contributed by atoms with Gasteiger partial charge in [0.2, 0.25) is 5.91 Å². The summed E-state index contributed by atoms with van der Waals surface area (Å²) in [4.78, 5) is 41.4. The number of carbonyl (C=O) groups is 3. The minimum absolute atomic E-state index is 0.0583. The van der Waals surface area contributed by atoms with Gasteiger partial charge < -0.3 is 10.2 Å². The molecule has 2 fully saturated rings. The van der Waals surface area contributed by atoms with Crippen LogP contribution in [0.4, 0.5) is 4.79 Å². The smallest absolute Gasteiger partial charge is 0.325 e. The molecule has 4 amide bonds. The van der Waals surface area contributed by atoms with Crippen LogP contribution in [0.1, 0.15) is 58.6 Å². The fourth-order valence-electron chi connectivity index (χ4n) is 5.16. The molecule has 1 heterocycles. The average molecular weight is 454 g/mol. The monoisotopic (exact) mass is 453 g/mol. The second-order valence-electron chi connectivity index (χ2n) is 9.60. The van der Waals surface area contributed by atoms with Crippen molar-refractivity contribution in [1.82, 2.24) is 15.1 Å². The summed E-state index contributed by atoms with van der Waals surface area (Å²) in [6, 6.07) is 4.27. The minimum atomic E-state index is -0.914. The highest BCUT2D eigenvalue weighted by molar-refractivity contribution is 6.35. The predicted octanol–water partition coefficient (Wildman–Crippen LogP) is 4.65. The van der Waals surface area contributed by atoms with Crippen LogP contribution in [-0.4, -0.2) is 46.8 Å². The Kier molecular flexibility index (Phi) is 6.14. The van der Waals surface area contributed by atoms with Crippen molar-refractivity contribution in [2.24, 2.45) is 11.3 Å². The van der Waals surface area contributed by atoms with Gasteiger partial charge in [-0.25, -0.2) is 4.79 Å². The molecule has 1 aromatic rings.